The van der Waals surface area contributed by atoms with Crippen LogP contribution in [0.15, 0.2) is 36.9 Å². The van der Waals surface area contributed by atoms with E-state index in [2.05, 4.69) is 17.2 Å². The van der Waals surface area contributed by atoms with E-state index in [0.29, 0.717) is 6.54 Å². The quantitative estimate of drug-likeness (QED) is 0.804. The molecule has 0 fully saturated rings. The van der Waals surface area contributed by atoms with E-state index >= 15 is 0 Å². The average molecular weight is 233 g/mol. The molecule has 17 heavy (non-hydrogen) atoms. The van der Waals surface area contributed by atoms with Crippen molar-refractivity contribution in [2.45, 2.75) is 19.9 Å². The van der Waals surface area contributed by atoms with Crippen molar-refractivity contribution in [3.05, 3.63) is 48.3 Å². The summed E-state index contributed by atoms with van der Waals surface area (Å²) in [5, 5.41) is 3.28. The molecule has 90 valence electrons. The highest BCUT2D eigenvalue weighted by molar-refractivity contribution is 5.41. The molecule has 0 spiro atoms. The number of aromatic nitrogens is 2. The third kappa shape index (κ3) is 2.91. The molecule has 1 aromatic carbocycles. The Morgan fingerprint density at radius 1 is 1.41 bits per heavy atom. The van der Waals surface area contributed by atoms with Gasteiger partial charge >= 0.3 is 0 Å². The van der Waals surface area contributed by atoms with Crippen molar-refractivity contribution in [1.29, 1.82) is 0 Å². The van der Waals surface area contributed by atoms with Gasteiger partial charge in [0.1, 0.15) is 5.82 Å². The Bertz CT molecular complexity index is 466. The van der Waals surface area contributed by atoms with Crippen molar-refractivity contribution in [2.24, 2.45) is 0 Å². The molecule has 0 aliphatic carbocycles. The second kappa shape index (κ2) is 5.59. The van der Waals surface area contributed by atoms with Crippen LogP contribution in [0.4, 0.5) is 4.39 Å². The molecule has 1 heterocycles. The largest absolute Gasteiger partial charge is 0.313 e. The number of nitrogens with one attached hydrogen (secondary N) is 1. The fourth-order valence-electron chi connectivity index (χ4n) is 1.75. The standard InChI is InChI=1S/C13H16FN3/c1-2-5-15-9-11-8-12(14)3-4-13(11)17-7-6-16-10-17/h3-4,6-8,10,15H,2,5,9H2,1H3. The Labute approximate surface area is 100 Å². The van der Waals surface area contributed by atoms with Crippen LogP contribution in [0, 0.1) is 5.82 Å². The van der Waals surface area contributed by atoms with E-state index in [1.54, 1.807) is 24.7 Å². The minimum absolute atomic E-state index is 0.206. The summed E-state index contributed by atoms with van der Waals surface area (Å²) in [7, 11) is 0. The predicted octanol–water partition coefficient (Wildman–Crippen LogP) is 2.51. The van der Waals surface area contributed by atoms with Crippen molar-refractivity contribution < 1.29 is 4.39 Å². The zero-order valence-electron chi connectivity index (χ0n) is 9.86. The third-order valence-electron chi connectivity index (χ3n) is 2.57. The van der Waals surface area contributed by atoms with Gasteiger partial charge in [-0.25, -0.2) is 9.37 Å². The first-order valence-corrected chi connectivity index (χ1v) is 5.78. The van der Waals surface area contributed by atoms with Gasteiger partial charge in [-0.15, -0.1) is 0 Å². The molecule has 0 aliphatic rings. The van der Waals surface area contributed by atoms with Gasteiger partial charge in [0.25, 0.3) is 0 Å². The van der Waals surface area contributed by atoms with Gasteiger partial charge in [-0.2, -0.15) is 0 Å². The number of halogens is 1. The molecule has 1 N–H and O–H groups in total. The predicted molar refractivity (Wildman–Crippen MR) is 65.5 cm³/mol. The SMILES string of the molecule is CCCNCc1cc(F)ccc1-n1ccnc1. The van der Waals surface area contributed by atoms with E-state index in [4.69, 9.17) is 0 Å². The zero-order valence-corrected chi connectivity index (χ0v) is 9.86. The summed E-state index contributed by atoms with van der Waals surface area (Å²) in [4.78, 5) is 4.01. The second-order valence-electron chi connectivity index (χ2n) is 3.92. The number of hydrogen-bond donors (Lipinski definition) is 1. The van der Waals surface area contributed by atoms with Gasteiger partial charge in [-0.1, -0.05) is 6.92 Å². The molecule has 0 bridgehead atoms. The lowest BCUT2D eigenvalue weighted by atomic mass is 10.1. The van der Waals surface area contributed by atoms with Gasteiger partial charge in [0.2, 0.25) is 0 Å². The lowest BCUT2D eigenvalue weighted by molar-refractivity contribution is 0.618. The number of imidazole rings is 1. The maximum Gasteiger partial charge on any atom is 0.123 e. The average Bonchev–Trinajstić information content (AvgIpc) is 2.83. The van der Waals surface area contributed by atoms with Gasteiger partial charge in [-0.05, 0) is 36.7 Å². The molecule has 0 atom stereocenters. The number of benzene rings is 1. The fourth-order valence-corrected chi connectivity index (χ4v) is 1.75. The molecule has 0 saturated heterocycles. The molecule has 1 aromatic heterocycles. The van der Waals surface area contributed by atoms with Gasteiger partial charge in [0, 0.05) is 18.9 Å². The van der Waals surface area contributed by atoms with Crippen LogP contribution < -0.4 is 5.32 Å². The highest BCUT2D eigenvalue weighted by Gasteiger charge is 2.05. The van der Waals surface area contributed by atoms with E-state index in [9.17, 15) is 4.39 Å². The molecule has 0 radical (unpaired) electrons. The highest BCUT2D eigenvalue weighted by atomic mass is 19.1. The van der Waals surface area contributed by atoms with E-state index in [1.807, 2.05) is 10.8 Å². The number of hydrogen-bond acceptors (Lipinski definition) is 2. The maximum absolute atomic E-state index is 13.2. The molecule has 0 saturated carbocycles. The fraction of sp³-hybridized carbons (Fsp3) is 0.308. The zero-order chi connectivity index (χ0) is 12.1. The first-order chi connectivity index (χ1) is 8.31. The van der Waals surface area contributed by atoms with Gasteiger partial charge in [-0.3, -0.25) is 0 Å². The first-order valence-electron chi connectivity index (χ1n) is 5.78. The maximum atomic E-state index is 13.2. The van der Waals surface area contributed by atoms with Crippen LogP contribution in [0.2, 0.25) is 0 Å². The Kier molecular flexibility index (Phi) is 3.88. The van der Waals surface area contributed by atoms with E-state index in [0.717, 1.165) is 24.2 Å². The summed E-state index contributed by atoms with van der Waals surface area (Å²) in [6, 6.07) is 4.82. The van der Waals surface area contributed by atoms with E-state index in [1.165, 1.54) is 6.07 Å². The topological polar surface area (TPSA) is 29.9 Å². The summed E-state index contributed by atoms with van der Waals surface area (Å²) in [6.45, 7) is 3.70. The number of rotatable bonds is 5. The molecule has 4 heteroatoms. The van der Waals surface area contributed by atoms with Crippen molar-refractivity contribution in [2.75, 3.05) is 6.54 Å². The van der Waals surface area contributed by atoms with Crippen molar-refractivity contribution in [3.63, 3.8) is 0 Å². The molecular formula is C13H16FN3. The van der Waals surface area contributed by atoms with E-state index in [-0.39, 0.29) is 5.82 Å². The molecule has 0 unspecified atom stereocenters. The van der Waals surface area contributed by atoms with Gasteiger partial charge < -0.3 is 9.88 Å². The number of nitrogens with zero attached hydrogens (tertiary/aromatic N) is 2. The Balaban J connectivity index is 2.25. The smallest absolute Gasteiger partial charge is 0.123 e. The minimum atomic E-state index is -0.206. The Morgan fingerprint density at radius 3 is 3.00 bits per heavy atom. The van der Waals surface area contributed by atoms with Gasteiger partial charge in [0.05, 0.1) is 12.0 Å². The normalized spacial score (nSPS) is 10.7. The third-order valence-corrected chi connectivity index (χ3v) is 2.57. The van der Waals surface area contributed by atoms with Crippen molar-refractivity contribution in [3.8, 4) is 5.69 Å². The highest BCUT2D eigenvalue weighted by Crippen LogP contribution is 2.15. The molecule has 2 rings (SSSR count). The second-order valence-corrected chi connectivity index (χ2v) is 3.92. The Hall–Kier alpha value is -1.68. The molecule has 2 aromatic rings. The molecule has 0 amide bonds. The van der Waals surface area contributed by atoms with Crippen LogP contribution in [0.5, 0.6) is 0 Å². The van der Waals surface area contributed by atoms with Crippen LogP contribution in [0.3, 0.4) is 0 Å². The van der Waals surface area contributed by atoms with Crippen LogP contribution in [-0.2, 0) is 6.54 Å². The molecular weight excluding hydrogens is 217 g/mol. The molecule has 3 nitrogen and oxygen atoms in total. The summed E-state index contributed by atoms with van der Waals surface area (Å²) in [6.07, 6.45) is 6.36. The van der Waals surface area contributed by atoms with E-state index < -0.39 is 0 Å². The summed E-state index contributed by atoms with van der Waals surface area (Å²) in [5.41, 5.74) is 1.91. The Morgan fingerprint density at radius 2 is 2.29 bits per heavy atom. The monoisotopic (exact) mass is 233 g/mol. The lowest BCUT2D eigenvalue weighted by Crippen LogP contribution is -2.15. The van der Waals surface area contributed by atoms with Crippen LogP contribution >= 0.6 is 0 Å². The summed E-state index contributed by atoms with van der Waals surface area (Å²) in [5.74, 6) is -0.206. The summed E-state index contributed by atoms with van der Waals surface area (Å²) < 4.78 is 15.1. The lowest BCUT2D eigenvalue weighted by Gasteiger charge is -2.11. The minimum Gasteiger partial charge on any atom is -0.313 e. The summed E-state index contributed by atoms with van der Waals surface area (Å²) >= 11 is 0. The van der Waals surface area contributed by atoms with Crippen LogP contribution in [0.1, 0.15) is 18.9 Å². The van der Waals surface area contributed by atoms with Crippen LogP contribution in [0.25, 0.3) is 5.69 Å². The van der Waals surface area contributed by atoms with Crippen molar-refractivity contribution in [1.82, 2.24) is 14.9 Å². The van der Waals surface area contributed by atoms with Crippen LogP contribution in [-0.4, -0.2) is 16.1 Å². The molecule has 0 aliphatic heterocycles. The van der Waals surface area contributed by atoms with Gasteiger partial charge in [0.15, 0.2) is 0 Å². The van der Waals surface area contributed by atoms with Crippen molar-refractivity contribution >= 4 is 0 Å². The first kappa shape index (κ1) is 11.8.